The standard InChI is InChI=1S/C14H29NO/c1-7-15-14(16)13(8-10(2)3)9-12(6)11(4)5/h10-13H,7-9H2,1-6H3,(H,15,16). The molecule has 0 fully saturated rings. The lowest BCUT2D eigenvalue weighted by atomic mass is 9.83. The molecule has 0 aromatic carbocycles. The van der Waals surface area contributed by atoms with Crippen LogP contribution in [0.4, 0.5) is 0 Å². The van der Waals surface area contributed by atoms with E-state index in [1.807, 2.05) is 6.92 Å². The first-order valence-electron chi connectivity index (χ1n) is 6.66. The van der Waals surface area contributed by atoms with Gasteiger partial charge in [0.25, 0.3) is 0 Å². The molecular formula is C14H29NO. The molecule has 1 amide bonds. The predicted molar refractivity (Wildman–Crippen MR) is 70.2 cm³/mol. The van der Waals surface area contributed by atoms with Crippen molar-refractivity contribution >= 4 is 5.91 Å². The molecule has 0 aliphatic heterocycles. The first-order valence-corrected chi connectivity index (χ1v) is 6.66. The van der Waals surface area contributed by atoms with Crippen LogP contribution in [0.3, 0.4) is 0 Å². The molecule has 0 saturated heterocycles. The number of rotatable bonds is 7. The molecule has 0 rings (SSSR count). The average molecular weight is 227 g/mol. The van der Waals surface area contributed by atoms with Crippen molar-refractivity contribution in [2.45, 2.75) is 54.4 Å². The monoisotopic (exact) mass is 227 g/mol. The van der Waals surface area contributed by atoms with Gasteiger partial charge in [0, 0.05) is 12.5 Å². The molecule has 16 heavy (non-hydrogen) atoms. The second-order valence-electron chi connectivity index (χ2n) is 5.68. The van der Waals surface area contributed by atoms with Crippen molar-refractivity contribution in [1.82, 2.24) is 5.32 Å². The summed E-state index contributed by atoms with van der Waals surface area (Å²) >= 11 is 0. The van der Waals surface area contributed by atoms with Crippen LogP contribution in [0.5, 0.6) is 0 Å². The molecular weight excluding hydrogens is 198 g/mol. The summed E-state index contributed by atoms with van der Waals surface area (Å²) in [6.45, 7) is 13.8. The Balaban J connectivity index is 4.36. The maximum atomic E-state index is 11.9. The summed E-state index contributed by atoms with van der Waals surface area (Å²) in [6, 6.07) is 0. The average Bonchev–Trinajstić information content (AvgIpc) is 2.16. The smallest absolute Gasteiger partial charge is 0.223 e. The van der Waals surface area contributed by atoms with Crippen LogP contribution in [-0.4, -0.2) is 12.5 Å². The van der Waals surface area contributed by atoms with E-state index in [1.54, 1.807) is 0 Å². The van der Waals surface area contributed by atoms with Crippen LogP contribution >= 0.6 is 0 Å². The summed E-state index contributed by atoms with van der Waals surface area (Å²) in [7, 11) is 0. The van der Waals surface area contributed by atoms with E-state index < -0.39 is 0 Å². The molecule has 0 aromatic heterocycles. The van der Waals surface area contributed by atoms with Gasteiger partial charge in [-0.25, -0.2) is 0 Å². The Bertz CT molecular complexity index is 199. The predicted octanol–water partition coefficient (Wildman–Crippen LogP) is 3.47. The first kappa shape index (κ1) is 15.5. The zero-order chi connectivity index (χ0) is 12.7. The number of hydrogen-bond donors (Lipinski definition) is 1. The van der Waals surface area contributed by atoms with E-state index in [4.69, 9.17) is 0 Å². The van der Waals surface area contributed by atoms with Crippen molar-refractivity contribution < 1.29 is 4.79 Å². The number of carbonyl (C=O) groups excluding carboxylic acids is 1. The van der Waals surface area contributed by atoms with Gasteiger partial charge in [-0.15, -0.1) is 0 Å². The maximum Gasteiger partial charge on any atom is 0.223 e. The molecule has 0 aliphatic carbocycles. The van der Waals surface area contributed by atoms with Gasteiger partial charge in [0.1, 0.15) is 0 Å². The Hall–Kier alpha value is -0.530. The lowest BCUT2D eigenvalue weighted by Gasteiger charge is -2.24. The van der Waals surface area contributed by atoms with Crippen LogP contribution in [0.2, 0.25) is 0 Å². The highest BCUT2D eigenvalue weighted by atomic mass is 16.1. The van der Waals surface area contributed by atoms with Gasteiger partial charge in [0.05, 0.1) is 0 Å². The zero-order valence-electron chi connectivity index (χ0n) is 11.8. The summed E-state index contributed by atoms with van der Waals surface area (Å²) < 4.78 is 0. The van der Waals surface area contributed by atoms with Crippen molar-refractivity contribution in [1.29, 1.82) is 0 Å². The van der Waals surface area contributed by atoms with Gasteiger partial charge in [-0.3, -0.25) is 4.79 Å². The Morgan fingerprint density at radius 2 is 1.62 bits per heavy atom. The van der Waals surface area contributed by atoms with Crippen LogP contribution < -0.4 is 5.32 Å². The molecule has 0 aliphatic rings. The molecule has 96 valence electrons. The van der Waals surface area contributed by atoms with Crippen molar-refractivity contribution in [3.63, 3.8) is 0 Å². The number of carbonyl (C=O) groups is 1. The maximum absolute atomic E-state index is 11.9. The van der Waals surface area contributed by atoms with Crippen LogP contribution in [0, 0.1) is 23.7 Å². The molecule has 0 aromatic rings. The SMILES string of the molecule is CCNC(=O)C(CC(C)C)CC(C)C(C)C. The van der Waals surface area contributed by atoms with Crippen molar-refractivity contribution in [2.75, 3.05) is 6.54 Å². The second-order valence-corrected chi connectivity index (χ2v) is 5.68. The molecule has 0 heterocycles. The molecule has 2 unspecified atom stereocenters. The van der Waals surface area contributed by atoms with E-state index in [0.29, 0.717) is 17.8 Å². The normalized spacial score (nSPS) is 15.2. The summed E-state index contributed by atoms with van der Waals surface area (Å²) in [5.41, 5.74) is 0. The minimum atomic E-state index is 0.192. The van der Waals surface area contributed by atoms with Crippen molar-refractivity contribution in [2.24, 2.45) is 23.7 Å². The van der Waals surface area contributed by atoms with E-state index in [2.05, 4.69) is 39.9 Å². The fraction of sp³-hybridized carbons (Fsp3) is 0.929. The number of amides is 1. The third-order valence-corrected chi connectivity index (χ3v) is 3.27. The lowest BCUT2D eigenvalue weighted by Crippen LogP contribution is -2.32. The van der Waals surface area contributed by atoms with Crippen LogP contribution in [-0.2, 0) is 4.79 Å². The lowest BCUT2D eigenvalue weighted by molar-refractivity contribution is -0.126. The summed E-state index contributed by atoms with van der Waals surface area (Å²) in [6.07, 6.45) is 2.02. The third kappa shape index (κ3) is 6.14. The summed E-state index contributed by atoms with van der Waals surface area (Å²) in [5.74, 6) is 2.29. The van der Waals surface area contributed by atoms with Crippen LogP contribution in [0.15, 0.2) is 0 Å². The van der Waals surface area contributed by atoms with Gasteiger partial charge in [-0.1, -0.05) is 34.6 Å². The highest BCUT2D eigenvalue weighted by Crippen LogP contribution is 2.24. The van der Waals surface area contributed by atoms with Gasteiger partial charge in [-0.05, 0) is 37.5 Å². The Kier molecular flexibility index (Phi) is 7.44. The number of hydrogen-bond acceptors (Lipinski definition) is 1. The van der Waals surface area contributed by atoms with Gasteiger partial charge < -0.3 is 5.32 Å². The fourth-order valence-corrected chi connectivity index (χ4v) is 1.92. The topological polar surface area (TPSA) is 29.1 Å². The quantitative estimate of drug-likeness (QED) is 0.709. The van der Waals surface area contributed by atoms with Crippen LogP contribution in [0.1, 0.15) is 54.4 Å². The third-order valence-electron chi connectivity index (χ3n) is 3.27. The Morgan fingerprint density at radius 1 is 1.06 bits per heavy atom. The molecule has 2 nitrogen and oxygen atoms in total. The van der Waals surface area contributed by atoms with Gasteiger partial charge >= 0.3 is 0 Å². The molecule has 0 spiro atoms. The van der Waals surface area contributed by atoms with Gasteiger partial charge in [-0.2, -0.15) is 0 Å². The largest absolute Gasteiger partial charge is 0.356 e. The van der Waals surface area contributed by atoms with Gasteiger partial charge in [0.15, 0.2) is 0 Å². The second kappa shape index (κ2) is 7.70. The molecule has 2 atom stereocenters. The minimum absolute atomic E-state index is 0.192. The first-order chi connectivity index (χ1) is 7.38. The summed E-state index contributed by atoms with van der Waals surface area (Å²) in [4.78, 5) is 11.9. The highest BCUT2D eigenvalue weighted by molar-refractivity contribution is 5.78. The van der Waals surface area contributed by atoms with Gasteiger partial charge in [0.2, 0.25) is 5.91 Å². The molecule has 1 N–H and O–H groups in total. The Morgan fingerprint density at radius 3 is 2.00 bits per heavy atom. The molecule has 0 radical (unpaired) electrons. The van der Waals surface area contributed by atoms with Crippen LogP contribution in [0.25, 0.3) is 0 Å². The number of nitrogens with one attached hydrogen (secondary N) is 1. The summed E-state index contributed by atoms with van der Waals surface area (Å²) in [5, 5.41) is 2.96. The van der Waals surface area contributed by atoms with E-state index >= 15 is 0 Å². The zero-order valence-corrected chi connectivity index (χ0v) is 11.8. The highest BCUT2D eigenvalue weighted by Gasteiger charge is 2.22. The Labute approximate surface area is 101 Å². The minimum Gasteiger partial charge on any atom is -0.356 e. The van der Waals surface area contributed by atoms with Crippen molar-refractivity contribution in [3.05, 3.63) is 0 Å². The van der Waals surface area contributed by atoms with E-state index in [-0.39, 0.29) is 11.8 Å². The van der Waals surface area contributed by atoms with E-state index in [9.17, 15) is 4.79 Å². The molecule has 2 heteroatoms. The molecule has 0 bridgehead atoms. The fourth-order valence-electron chi connectivity index (χ4n) is 1.92. The van der Waals surface area contributed by atoms with Crippen molar-refractivity contribution in [3.8, 4) is 0 Å². The van der Waals surface area contributed by atoms with E-state index in [0.717, 1.165) is 19.4 Å². The molecule has 0 saturated carbocycles. The van der Waals surface area contributed by atoms with E-state index in [1.165, 1.54) is 0 Å².